The third kappa shape index (κ3) is 4.50. The molecular formula is C28H21BrN2O4. The molecule has 2 aromatic carbocycles. The summed E-state index contributed by atoms with van der Waals surface area (Å²) in [6, 6.07) is 19.0. The monoisotopic (exact) mass is 528 g/mol. The van der Waals surface area contributed by atoms with Crippen LogP contribution in [0.15, 0.2) is 80.4 Å². The van der Waals surface area contributed by atoms with Gasteiger partial charge in [0, 0.05) is 22.5 Å². The van der Waals surface area contributed by atoms with Crippen LogP contribution in [-0.2, 0) is 9.59 Å². The van der Waals surface area contributed by atoms with Crippen LogP contribution in [0, 0.1) is 13.8 Å². The van der Waals surface area contributed by atoms with Crippen molar-refractivity contribution in [3.8, 4) is 0 Å². The first-order valence-corrected chi connectivity index (χ1v) is 11.7. The lowest BCUT2D eigenvalue weighted by Gasteiger charge is -1.96. The molecule has 0 saturated carbocycles. The van der Waals surface area contributed by atoms with Crippen LogP contribution in [0.2, 0.25) is 0 Å². The molecule has 0 saturated heterocycles. The molecule has 0 aliphatic carbocycles. The fourth-order valence-electron chi connectivity index (χ4n) is 3.96. The van der Waals surface area contributed by atoms with Crippen LogP contribution in [0.3, 0.4) is 0 Å². The maximum Gasteiger partial charge on any atom is 0.256 e. The molecule has 35 heavy (non-hydrogen) atoms. The van der Waals surface area contributed by atoms with Crippen LogP contribution in [0.25, 0.3) is 23.3 Å². The number of amides is 2. The quantitative estimate of drug-likeness (QED) is 0.276. The molecule has 6 nitrogen and oxygen atoms in total. The Labute approximate surface area is 210 Å². The first kappa shape index (κ1) is 22.7. The summed E-state index contributed by atoms with van der Waals surface area (Å²) in [6.07, 6.45) is 5.19. The molecule has 0 unspecified atom stereocenters. The number of carbonyl (C=O) groups is 2. The van der Waals surface area contributed by atoms with Gasteiger partial charge in [-0.3, -0.25) is 9.59 Å². The minimum Gasteiger partial charge on any atom is -0.465 e. The van der Waals surface area contributed by atoms with Gasteiger partial charge in [0.25, 0.3) is 11.8 Å². The summed E-state index contributed by atoms with van der Waals surface area (Å²) in [5, 5.41) is 5.66. The fraction of sp³-hybridized carbons (Fsp3) is 0.0714. The van der Waals surface area contributed by atoms with E-state index in [2.05, 4.69) is 26.6 Å². The number of furan rings is 2. The maximum atomic E-state index is 11.9. The number of hydrogen-bond acceptors (Lipinski definition) is 4. The highest BCUT2D eigenvalue weighted by Gasteiger charge is 2.25. The second kappa shape index (κ2) is 9.27. The molecule has 2 aliphatic heterocycles. The molecule has 2 N–H and O–H groups in total. The average Bonchev–Trinajstić information content (AvgIpc) is 3.56. The van der Waals surface area contributed by atoms with E-state index in [-0.39, 0.29) is 11.8 Å². The van der Waals surface area contributed by atoms with Crippen molar-refractivity contribution in [3.05, 3.63) is 105 Å². The van der Waals surface area contributed by atoms with Gasteiger partial charge in [0.1, 0.15) is 11.5 Å². The largest absolute Gasteiger partial charge is 0.465 e. The van der Waals surface area contributed by atoms with E-state index in [0.29, 0.717) is 21.6 Å². The highest BCUT2D eigenvalue weighted by Crippen LogP contribution is 2.34. The van der Waals surface area contributed by atoms with E-state index in [1.807, 2.05) is 74.5 Å². The molecule has 0 bridgehead atoms. The number of para-hydroxylation sites is 2. The first-order valence-electron chi connectivity index (χ1n) is 11.0. The predicted octanol–water partition coefficient (Wildman–Crippen LogP) is 6.92. The van der Waals surface area contributed by atoms with Crippen molar-refractivity contribution in [3.63, 3.8) is 0 Å². The van der Waals surface area contributed by atoms with E-state index in [1.165, 1.54) is 0 Å². The molecule has 174 valence electrons. The van der Waals surface area contributed by atoms with Gasteiger partial charge in [-0.05, 0) is 77.3 Å². The van der Waals surface area contributed by atoms with E-state index >= 15 is 0 Å². The minimum atomic E-state index is -0.0943. The van der Waals surface area contributed by atoms with Crippen molar-refractivity contribution in [1.29, 1.82) is 0 Å². The molecule has 4 aromatic rings. The van der Waals surface area contributed by atoms with Crippen molar-refractivity contribution in [2.45, 2.75) is 13.8 Å². The van der Waals surface area contributed by atoms with E-state index in [0.717, 1.165) is 39.4 Å². The third-order valence-electron chi connectivity index (χ3n) is 5.80. The normalized spacial score (nSPS) is 16.0. The second-order valence-corrected chi connectivity index (χ2v) is 8.96. The molecule has 2 aromatic heterocycles. The lowest BCUT2D eigenvalue weighted by atomic mass is 10.1. The second-order valence-electron chi connectivity index (χ2n) is 8.18. The van der Waals surface area contributed by atoms with Gasteiger partial charge in [0.2, 0.25) is 0 Å². The van der Waals surface area contributed by atoms with Gasteiger partial charge in [-0.2, -0.15) is 0 Å². The van der Waals surface area contributed by atoms with Crippen LogP contribution in [0.1, 0.15) is 33.8 Å². The van der Waals surface area contributed by atoms with Gasteiger partial charge >= 0.3 is 0 Å². The molecule has 0 radical (unpaired) electrons. The highest BCUT2D eigenvalue weighted by molar-refractivity contribution is 9.10. The summed E-state index contributed by atoms with van der Waals surface area (Å²) >= 11 is 3.28. The summed E-state index contributed by atoms with van der Waals surface area (Å²) in [7, 11) is 0. The Hall–Kier alpha value is -4.10. The van der Waals surface area contributed by atoms with Crippen molar-refractivity contribution in [2.24, 2.45) is 0 Å². The Morgan fingerprint density at radius 1 is 0.743 bits per heavy atom. The van der Waals surface area contributed by atoms with Gasteiger partial charge in [-0.15, -0.1) is 0 Å². The molecule has 0 atom stereocenters. The smallest absolute Gasteiger partial charge is 0.256 e. The Morgan fingerprint density at radius 2 is 1.29 bits per heavy atom. The number of benzene rings is 2. The van der Waals surface area contributed by atoms with Gasteiger partial charge in [0.05, 0.1) is 17.4 Å². The predicted molar refractivity (Wildman–Crippen MR) is 140 cm³/mol. The van der Waals surface area contributed by atoms with E-state index < -0.39 is 0 Å². The summed E-state index contributed by atoms with van der Waals surface area (Å²) in [6.45, 7) is 3.90. The van der Waals surface area contributed by atoms with Crippen molar-refractivity contribution < 1.29 is 18.4 Å². The minimum absolute atomic E-state index is 0.0815. The highest BCUT2D eigenvalue weighted by atomic mass is 79.9. The number of rotatable bonds is 2. The summed E-state index contributed by atoms with van der Waals surface area (Å²) in [5.41, 5.74) is 6.84. The average molecular weight is 529 g/mol. The van der Waals surface area contributed by atoms with E-state index in [1.54, 1.807) is 18.4 Å². The molecule has 4 heterocycles. The van der Waals surface area contributed by atoms with Crippen LogP contribution >= 0.6 is 15.9 Å². The number of anilines is 2. The van der Waals surface area contributed by atoms with Gasteiger partial charge in [-0.25, -0.2) is 0 Å². The number of aryl methyl sites for hydroxylation is 2. The Balaban J connectivity index is 0.000000145. The molecule has 7 heteroatoms. The zero-order chi connectivity index (χ0) is 24.5. The Morgan fingerprint density at radius 3 is 1.77 bits per heavy atom. The lowest BCUT2D eigenvalue weighted by Crippen LogP contribution is -2.03. The number of hydrogen-bond donors (Lipinski definition) is 2. The molecule has 2 aliphatic rings. The van der Waals surface area contributed by atoms with Gasteiger partial charge in [-0.1, -0.05) is 36.4 Å². The molecule has 0 spiro atoms. The van der Waals surface area contributed by atoms with Crippen molar-refractivity contribution in [2.75, 3.05) is 10.6 Å². The SMILES string of the molecule is Cc1cc(Br)oc1/C=C1/C(=O)Nc2ccccc21.Cc1ccoc1/C=C1/C(=O)Nc2ccccc21. The topological polar surface area (TPSA) is 84.5 Å². The standard InChI is InChI=1S/C14H10BrNO2.C14H11NO2/c1-8-6-13(15)18-12(8)7-10-9-4-2-3-5-11(9)16-14(10)17;1-9-6-7-17-13(9)8-11-10-4-2-3-5-12(10)15-14(11)16/h2-7H,1H3,(H,16,17);2-8H,1H3,(H,15,16)/b10-7+;11-8+. The van der Waals surface area contributed by atoms with E-state index in [9.17, 15) is 9.59 Å². The van der Waals surface area contributed by atoms with Crippen LogP contribution in [0.5, 0.6) is 0 Å². The molecule has 2 amide bonds. The zero-order valence-corrected chi connectivity index (χ0v) is 20.6. The van der Waals surface area contributed by atoms with Gasteiger partial charge in [0.15, 0.2) is 4.67 Å². The van der Waals surface area contributed by atoms with Gasteiger partial charge < -0.3 is 19.5 Å². The number of halogens is 1. The molecule has 0 fully saturated rings. The maximum absolute atomic E-state index is 11.9. The van der Waals surface area contributed by atoms with Crippen LogP contribution < -0.4 is 10.6 Å². The van der Waals surface area contributed by atoms with Crippen LogP contribution in [-0.4, -0.2) is 11.8 Å². The fourth-order valence-corrected chi connectivity index (χ4v) is 4.48. The Bertz CT molecular complexity index is 1520. The van der Waals surface area contributed by atoms with Crippen molar-refractivity contribution in [1.82, 2.24) is 0 Å². The number of nitrogens with one attached hydrogen (secondary N) is 2. The zero-order valence-electron chi connectivity index (χ0n) is 19.0. The van der Waals surface area contributed by atoms with Crippen molar-refractivity contribution >= 4 is 62.4 Å². The summed E-state index contributed by atoms with van der Waals surface area (Å²) in [5.74, 6) is 1.25. The number of carbonyl (C=O) groups excluding carboxylic acids is 2. The van der Waals surface area contributed by atoms with E-state index in [4.69, 9.17) is 8.83 Å². The lowest BCUT2D eigenvalue weighted by molar-refractivity contribution is -0.111. The summed E-state index contributed by atoms with van der Waals surface area (Å²) in [4.78, 5) is 23.8. The Kier molecular flexibility index (Phi) is 6.01. The summed E-state index contributed by atoms with van der Waals surface area (Å²) < 4.78 is 11.5. The molecular weight excluding hydrogens is 508 g/mol. The third-order valence-corrected chi connectivity index (χ3v) is 6.19. The molecule has 6 rings (SSSR count). The van der Waals surface area contributed by atoms with Crippen LogP contribution in [0.4, 0.5) is 11.4 Å². The first-order chi connectivity index (χ1) is 16.9. The number of fused-ring (bicyclic) bond motifs is 2.